The first-order chi connectivity index (χ1) is 12.0. The first kappa shape index (κ1) is 16.1. The molecule has 1 aromatic carbocycles. The predicted molar refractivity (Wildman–Crippen MR) is 89.8 cm³/mol. The fraction of sp³-hybridized carbons (Fsp3) is 0.444. The van der Waals surface area contributed by atoms with Gasteiger partial charge in [0.05, 0.1) is 5.41 Å². The lowest BCUT2D eigenvalue weighted by atomic mass is 9.75. The smallest absolute Gasteiger partial charge is 0.271 e. The van der Waals surface area contributed by atoms with Crippen LogP contribution in [0.25, 0.3) is 0 Å². The number of amides is 1. The summed E-state index contributed by atoms with van der Waals surface area (Å²) < 4.78 is 29.7. The van der Waals surface area contributed by atoms with Crippen LogP contribution >= 0.6 is 0 Å². The molecule has 2 aliphatic heterocycles. The fourth-order valence-corrected chi connectivity index (χ4v) is 3.98. The van der Waals surface area contributed by atoms with Gasteiger partial charge in [0, 0.05) is 44.5 Å². The average Bonchev–Trinajstić information content (AvgIpc) is 3.29. The number of halogens is 2. The van der Waals surface area contributed by atoms with Crippen LogP contribution in [0.1, 0.15) is 23.3 Å². The van der Waals surface area contributed by atoms with Gasteiger partial charge in [-0.2, -0.15) is 5.10 Å². The normalized spacial score (nSPS) is 25.5. The lowest BCUT2D eigenvalue weighted by Crippen LogP contribution is -2.58. The van der Waals surface area contributed by atoms with Crippen molar-refractivity contribution in [1.29, 1.82) is 0 Å². The molecule has 7 heteroatoms. The van der Waals surface area contributed by atoms with E-state index >= 15 is 0 Å². The molecule has 1 atom stereocenters. The number of rotatable bonds is 2. The predicted octanol–water partition coefficient (Wildman–Crippen LogP) is 2.79. The van der Waals surface area contributed by atoms with E-state index in [1.54, 1.807) is 11.0 Å². The van der Waals surface area contributed by atoms with Crippen LogP contribution < -0.4 is 4.90 Å². The lowest BCUT2D eigenvalue weighted by molar-refractivity contribution is -0.150. The monoisotopic (exact) mass is 346 g/mol. The summed E-state index contributed by atoms with van der Waals surface area (Å²) >= 11 is 0. The van der Waals surface area contributed by atoms with Crippen molar-refractivity contribution in [2.24, 2.45) is 5.41 Å². The Morgan fingerprint density at radius 2 is 1.88 bits per heavy atom. The Balaban J connectivity index is 1.57. The Hall–Kier alpha value is -2.44. The van der Waals surface area contributed by atoms with E-state index in [1.807, 2.05) is 35.2 Å². The molecule has 5 nitrogen and oxygen atoms in total. The molecule has 132 valence electrons. The molecule has 0 aliphatic carbocycles. The number of piperidine rings is 1. The lowest BCUT2D eigenvalue weighted by Gasteiger charge is -2.45. The number of para-hydroxylation sites is 1. The average molecular weight is 346 g/mol. The topological polar surface area (TPSA) is 52.2 Å². The highest BCUT2D eigenvalue weighted by Gasteiger charge is 2.60. The Bertz CT molecular complexity index is 750. The number of likely N-dealkylation sites (tertiary alicyclic amines) is 1. The number of nitrogens with one attached hydrogen (secondary N) is 1. The second kappa shape index (κ2) is 5.82. The van der Waals surface area contributed by atoms with E-state index in [9.17, 15) is 13.6 Å². The second-order valence-corrected chi connectivity index (χ2v) is 6.94. The van der Waals surface area contributed by atoms with Crippen molar-refractivity contribution in [3.8, 4) is 0 Å². The molecular weight excluding hydrogens is 326 g/mol. The van der Waals surface area contributed by atoms with Crippen molar-refractivity contribution in [2.45, 2.75) is 18.8 Å². The Morgan fingerprint density at radius 1 is 1.08 bits per heavy atom. The Labute approximate surface area is 144 Å². The molecule has 2 aliphatic rings. The van der Waals surface area contributed by atoms with Gasteiger partial charge in [-0.15, -0.1) is 0 Å². The van der Waals surface area contributed by atoms with Gasteiger partial charge in [0.25, 0.3) is 11.8 Å². The number of carbonyl (C=O) groups is 1. The van der Waals surface area contributed by atoms with Gasteiger partial charge < -0.3 is 9.80 Å². The van der Waals surface area contributed by atoms with E-state index in [4.69, 9.17) is 0 Å². The SMILES string of the molecule is O=C(c1ccn[nH]1)N1CCC(F)(F)[C@@]2(CCN(c3ccccc3)C2)C1. The zero-order valence-corrected chi connectivity index (χ0v) is 13.8. The van der Waals surface area contributed by atoms with Crippen LogP contribution in [-0.4, -0.2) is 53.1 Å². The van der Waals surface area contributed by atoms with Gasteiger partial charge in [0.1, 0.15) is 5.69 Å². The molecule has 1 aromatic heterocycles. The van der Waals surface area contributed by atoms with Crippen molar-refractivity contribution in [2.75, 3.05) is 31.1 Å². The second-order valence-electron chi connectivity index (χ2n) is 6.94. The number of aromatic nitrogens is 2. The van der Waals surface area contributed by atoms with Gasteiger partial charge in [-0.05, 0) is 24.6 Å². The summed E-state index contributed by atoms with van der Waals surface area (Å²) in [6, 6.07) is 11.2. The summed E-state index contributed by atoms with van der Waals surface area (Å²) in [5.41, 5.74) is 0.0991. The maximum Gasteiger partial charge on any atom is 0.271 e. The maximum absolute atomic E-state index is 14.8. The highest BCUT2D eigenvalue weighted by molar-refractivity contribution is 5.92. The Morgan fingerprint density at radius 3 is 2.60 bits per heavy atom. The van der Waals surface area contributed by atoms with Crippen molar-refractivity contribution in [1.82, 2.24) is 15.1 Å². The molecule has 4 rings (SSSR count). The van der Waals surface area contributed by atoms with Crippen LogP contribution in [0.2, 0.25) is 0 Å². The molecule has 1 N–H and O–H groups in total. The quantitative estimate of drug-likeness (QED) is 0.910. The number of carbonyl (C=O) groups excluding carboxylic acids is 1. The summed E-state index contributed by atoms with van der Waals surface area (Å²) in [6.45, 7) is 0.974. The standard InChI is InChI=1S/C18H20F2N4O/c19-18(20)8-11-24(16(25)15-6-9-21-22-15)13-17(18)7-10-23(12-17)14-4-2-1-3-5-14/h1-6,9H,7-8,10-13H2,(H,21,22)/t17-/m1/s1. The van der Waals surface area contributed by atoms with Crippen molar-refractivity contribution in [3.63, 3.8) is 0 Å². The van der Waals surface area contributed by atoms with Crippen LogP contribution in [0.15, 0.2) is 42.6 Å². The molecule has 2 aromatic rings. The number of aromatic amines is 1. The van der Waals surface area contributed by atoms with Gasteiger partial charge in [-0.3, -0.25) is 9.89 Å². The van der Waals surface area contributed by atoms with E-state index < -0.39 is 11.3 Å². The summed E-state index contributed by atoms with van der Waals surface area (Å²) in [7, 11) is 0. The van der Waals surface area contributed by atoms with Crippen molar-refractivity contribution in [3.05, 3.63) is 48.3 Å². The van der Waals surface area contributed by atoms with Gasteiger partial charge in [0.2, 0.25) is 0 Å². The molecule has 25 heavy (non-hydrogen) atoms. The molecule has 3 heterocycles. The first-order valence-corrected chi connectivity index (χ1v) is 8.47. The van der Waals surface area contributed by atoms with E-state index in [0.29, 0.717) is 18.7 Å². The van der Waals surface area contributed by atoms with Crippen LogP contribution in [0, 0.1) is 5.41 Å². The van der Waals surface area contributed by atoms with Crippen LogP contribution in [0.4, 0.5) is 14.5 Å². The molecule has 1 amide bonds. The van der Waals surface area contributed by atoms with Gasteiger partial charge >= 0.3 is 0 Å². The molecule has 0 bridgehead atoms. The van der Waals surface area contributed by atoms with Crippen LogP contribution in [0.5, 0.6) is 0 Å². The minimum absolute atomic E-state index is 0.0674. The number of alkyl halides is 2. The van der Waals surface area contributed by atoms with Crippen molar-refractivity contribution < 1.29 is 13.6 Å². The number of H-pyrrole nitrogens is 1. The summed E-state index contributed by atoms with van der Waals surface area (Å²) in [6.07, 6.45) is 1.57. The number of benzene rings is 1. The number of hydrogen-bond acceptors (Lipinski definition) is 3. The molecule has 1 spiro atoms. The van der Waals surface area contributed by atoms with E-state index in [-0.39, 0.29) is 32.0 Å². The zero-order chi connectivity index (χ0) is 17.5. The number of nitrogens with zero attached hydrogens (tertiary/aromatic N) is 3. The highest BCUT2D eigenvalue weighted by Crippen LogP contribution is 2.50. The minimum Gasteiger partial charge on any atom is -0.371 e. The third-order valence-electron chi connectivity index (χ3n) is 5.46. The van der Waals surface area contributed by atoms with Crippen LogP contribution in [-0.2, 0) is 0 Å². The van der Waals surface area contributed by atoms with E-state index in [2.05, 4.69) is 10.2 Å². The number of hydrogen-bond donors (Lipinski definition) is 1. The fourth-order valence-electron chi connectivity index (χ4n) is 3.98. The zero-order valence-electron chi connectivity index (χ0n) is 13.8. The van der Waals surface area contributed by atoms with E-state index in [1.165, 1.54) is 6.20 Å². The van der Waals surface area contributed by atoms with E-state index in [0.717, 1.165) is 5.69 Å². The van der Waals surface area contributed by atoms with Gasteiger partial charge in [-0.25, -0.2) is 8.78 Å². The molecule has 0 saturated carbocycles. The Kier molecular flexibility index (Phi) is 3.74. The largest absolute Gasteiger partial charge is 0.371 e. The van der Waals surface area contributed by atoms with Crippen molar-refractivity contribution >= 4 is 11.6 Å². The molecular formula is C18H20F2N4O. The highest BCUT2D eigenvalue weighted by atomic mass is 19.3. The third kappa shape index (κ3) is 2.67. The minimum atomic E-state index is -2.78. The van der Waals surface area contributed by atoms with Gasteiger partial charge in [0.15, 0.2) is 0 Å². The maximum atomic E-state index is 14.8. The number of anilines is 1. The summed E-state index contributed by atoms with van der Waals surface area (Å²) in [5, 5.41) is 6.41. The molecule has 2 saturated heterocycles. The summed E-state index contributed by atoms with van der Waals surface area (Å²) in [4.78, 5) is 16.1. The van der Waals surface area contributed by atoms with Crippen LogP contribution in [0.3, 0.4) is 0 Å². The molecule has 2 fully saturated rings. The molecule has 0 radical (unpaired) electrons. The van der Waals surface area contributed by atoms with Gasteiger partial charge in [-0.1, -0.05) is 18.2 Å². The molecule has 0 unspecified atom stereocenters. The third-order valence-corrected chi connectivity index (χ3v) is 5.46. The summed E-state index contributed by atoms with van der Waals surface area (Å²) in [5.74, 6) is -3.04. The first-order valence-electron chi connectivity index (χ1n) is 8.47.